The first kappa shape index (κ1) is 17.7. The molecule has 0 aliphatic heterocycles. The molecule has 2 aromatic carbocycles. The van der Waals surface area contributed by atoms with E-state index < -0.39 is 0 Å². The van der Waals surface area contributed by atoms with E-state index in [-0.39, 0.29) is 5.82 Å². The van der Waals surface area contributed by atoms with Crippen LogP contribution in [0.2, 0.25) is 0 Å². The van der Waals surface area contributed by atoms with Crippen LogP contribution in [0, 0.1) is 23.2 Å². The Morgan fingerprint density at radius 1 is 1.22 bits per heavy atom. The van der Waals surface area contributed by atoms with Gasteiger partial charge in [0.1, 0.15) is 17.3 Å². The molecule has 3 nitrogen and oxygen atoms in total. The van der Waals surface area contributed by atoms with Crippen molar-refractivity contribution in [2.75, 3.05) is 13.6 Å². The molecule has 23 heavy (non-hydrogen) atoms. The Morgan fingerprint density at radius 3 is 2.61 bits per heavy atom. The monoisotopic (exact) mass is 426 g/mol. The van der Waals surface area contributed by atoms with E-state index in [4.69, 9.17) is 4.74 Å². The van der Waals surface area contributed by atoms with Crippen molar-refractivity contribution in [1.29, 1.82) is 0 Å². The predicted molar refractivity (Wildman–Crippen MR) is 102 cm³/mol. The lowest BCUT2D eigenvalue weighted by atomic mass is 10.1. The van der Waals surface area contributed by atoms with E-state index in [1.165, 1.54) is 6.07 Å². The van der Waals surface area contributed by atoms with Crippen molar-refractivity contribution in [1.82, 2.24) is 4.90 Å². The Morgan fingerprint density at radius 2 is 1.96 bits per heavy atom. The summed E-state index contributed by atoms with van der Waals surface area (Å²) < 4.78 is 19.8. The molecular formula is C18H20FIN2O. The second-order valence-corrected chi connectivity index (χ2v) is 6.56. The Bertz CT molecular complexity index is 731. The molecule has 0 radical (unpaired) electrons. The van der Waals surface area contributed by atoms with Gasteiger partial charge < -0.3 is 9.64 Å². The minimum atomic E-state index is -0.240. The number of aliphatic imine (C=N–C) groups is 1. The van der Waals surface area contributed by atoms with Gasteiger partial charge in [-0.1, -0.05) is 0 Å². The summed E-state index contributed by atoms with van der Waals surface area (Å²) in [6.07, 6.45) is 1.82. The maximum Gasteiger partial charge on any atom is 0.136 e. The lowest BCUT2D eigenvalue weighted by molar-refractivity contribution is 0.476. The molecular weight excluding hydrogens is 406 g/mol. The normalized spacial score (nSPS) is 11.0. The van der Waals surface area contributed by atoms with Crippen LogP contribution in [-0.2, 0) is 0 Å². The molecule has 0 unspecified atom stereocenters. The summed E-state index contributed by atoms with van der Waals surface area (Å²) in [7, 11) is 1.99. The van der Waals surface area contributed by atoms with E-state index >= 15 is 0 Å². The highest BCUT2D eigenvalue weighted by Crippen LogP contribution is 2.32. The lowest BCUT2D eigenvalue weighted by Gasteiger charge is -2.13. The number of rotatable bonds is 5. The quantitative estimate of drug-likeness (QED) is 0.361. The van der Waals surface area contributed by atoms with E-state index in [1.807, 2.05) is 66.9 Å². The number of hydrogen-bond acceptors (Lipinski definition) is 2. The maximum absolute atomic E-state index is 13.3. The summed E-state index contributed by atoms with van der Waals surface area (Å²) in [5.41, 5.74) is 2.94. The Kier molecular flexibility index (Phi) is 5.98. The van der Waals surface area contributed by atoms with Crippen molar-refractivity contribution in [3.63, 3.8) is 0 Å². The van der Waals surface area contributed by atoms with Gasteiger partial charge in [0.05, 0.1) is 15.6 Å². The standard InChI is InChI=1S/C18H20FIN2O/c1-5-22(4)11-21-17-8-13(3)18(9-12(17)2)23-14-6-7-15(19)16(20)10-14/h6-11H,5H2,1-4H3. The Hall–Kier alpha value is -1.63. The SMILES string of the molecule is CCN(C)C=Nc1cc(C)c(Oc2ccc(F)c(I)c2)cc1C. The van der Waals surface area contributed by atoms with Crippen LogP contribution in [0.15, 0.2) is 35.3 Å². The van der Waals surface area contributed by atoms with Gasteiger partial charge in [-0.05, 0) is 84.8 Å². The van der Waals surface area contributed by atoms with E-state index in [0.29, 0.717) is 9.32 Å². The average Bonchev–Trinajstić information content (AvgIpc) is 2.52. The van der Waals surface area contributed by atoms with Crippen LogP contribution >= 0.6 is 22.6 Å². The molecule has 0 N–H and O–H groups in total. The van der Waals surface area contributed by atoms with Crippen molar-refractivity contribution in [3.8, 4) is 11.5 Å². The first-order valence-electron chi connectivity index (χ1n) is 7.39. The lowest BCUT2D eigenvalue weighted by Crippen LogP contribution is -2.14. The smallest absolute Gasteiger partial charge is 0.136 e. The zero-order chi connectivity index (χ0) is 17.0. The van der Waals surface area contributed by atoms with Gasteiger partial charge >= 0.3 is 0 Å². The van der Waals surface area contributed by atoms with Crippen molar-refractivity contribution in [2.24, 2.45) is 4.99 Å². The first-order chi connectivity index (χ1) is 10.9. The van der Waals surface area contributed by atoms with E-state index in [2.05, 4.69) is 11.9 Å². The van der Waals surface area contributed by atoms with Gasteiger partial charge in [0.15, 0.2) is 0 Å². The van der Waals surface area contributed by atoms with Crippen LogP contribution in [0.3, 0.4) is 0 Å². The number of aryl methyl sites for hydroxylation is 2. The Balaban J connectivity index is 2.25. The van der Waals surface area contributed by atoms with Crippen LogP contribution in [0.1, 0.15) is 18.1 Å². The van der Waals surface area contributed by atoms with E-state index in [9.17, 15) is 4.39 Å². The maximum atomic E-state index is 13.3. The summed E-state index contributed by atoms with van der Waals surface area (Å²) in [6.45, 7) is 6.96. The molecule has 5 heteroatoms. The molecule has 122 valence electrons. The summed E-state index contributed by atoms with van der Waals surface area (Å²) in [5, 5.41) is 0. The van der Waals surface area contributed by atoms with Crippen molar-refractivity contribution in [3.05, 3.63) is 50.8 Å². The minimum absolute atomic E-state index is 0.240. The van der Waals surface area contributed by atoms with Crippen molar-refractivity contribution in [2.45, 2.75) is 20.8 Å². The molecule has 0 amide bonds. The van der Waals surface area contributed by atoms with Gasteiger partial charge in [-0.3, -0.25) is 0 Å². The van der Waals surface area contributed by atoms with Crippen LogP contribution in [0.4, 0.5) is 10.1 Å². The molecule has 0 heterocycles. The van der Waals surface area contributed by atoms with Gasteiger partial charge in [0.25, 0.3) is 0 Å². The number of nitrogens with zero attached hydrogens (tertiary/aromatic N) is 2. The fraction of sp³-hybridized carbons (Fsp3) is 0.278. The van der Waals surface area contributed by atoms with Gasteiger partial charge in [-0.25, -0.2) is 9.38 Å². The number of ether oxygens (including phenoxy) is 1. The van der Waals surface area contributed by atoms with Crippen LogP contribution in [0.25, 0.3) is 0 Å². The van der Waals surface area contributed by atoms with E-state index in [0.717, 1.165) is 29.1 Å². The molecule has 0 saturated carbocycles. The van der Waals surface area contributed by atoms with Crippen molar-refractivity contribution >= 4 is 34.6 Å². The molecule has 0 aromatic heterocycles. The fourth-order valence-electron chi connectivity index (χ4n) is 1.93. The second kappa shape index (κ2) is 7.77. The third-order valence-corrected chi connectivity index (χ3v) is 4.33. The molecule has 0 fully saturated rings. The summed E-state index contributed by atoms with van der Waals surface area (Å²) in [5.74, 6) is 1.14. The predicted octanol–water partition coefficient (Wildman–Crippen LogP) is 5.45. The Labute approximate surface area is 150 Å². The number of benzene rings is 2. The largest absolute Gasteiger partial charge is 0.457 e. The molecule has 2 rings (SSSR count). The topological polar surface area (TPSA) is 24.8 Å². The highest BCUT2D eigenvalue weighted by Gasteiger charge is 2.08. The summed E-state index contributed by atoms with van der Waals surface area (Å²) in [4.78, 5) is 6.52. The van der Waals surface area contributed by atoms with Gasteiger partial charge in [0.2, 0.25) is 0 Å². The average molecular weight is 426 g/mol. The van der Waals surface area contributed by atoms with Crippen LogP contribution in [-0.4, -0.2) is 24.8 Å². The molecule has 0 aliphatic carbocycles. The number of hydrogen-bond donors (Lipinski definition) is 0. The zero-order valence-electron chi connectivity index (χ0n) is 13.7. The second-order valence-electron chi connectivity index (χ2n) is 5.40. The third-order valence-electron chi connectivity index (χ3n) is 3.51. The molecule has 0 aliphatic rings. The number of halogens is 2. The van der Waals surface area contributed by atoms with Gasteiger partial charge in [0, 0.05) is 13.6 Å². The van der Waals surface area contributed by atoms with Gasteiger partial charge in [-0.15, -0.1) is 0 Å². The highest BCUT2D eigenvalue weighted by molar-refractivity contribution is 14.1. The third kappa shape index (κ3) is 4.67. The first-order valence-corrected chi connectivity index (χ1v) is 8.47. The highest BCUT2D eigenvalue weighted by atomic mass is 127. The minimum Gasteiger partial charge on any atom is -0.457 e. The van der Waals surface area contributed by atoms with Crippen molar-refractivity contribution < 1.29 is 9.13 Å². The zero-order valence-corrected chi connectivity index (χ0v) is 15.9. The van der Waals surface area contributed by atoms with Crippen LogP contribution < -0.4 is 4.74 Å². The molecule has 0 atom stereocenters. The summed E-state index contributed by atoms with van der Waals surface area (Å²) >= 11 is 1.96. The van der Waals surface area contributed by atoms with Crippen LogP contribution in [0.5, 0.6) is 11.5 Å². The molecule has 0 saturated heterocycles. The summed E-state index contributed by atoms with van der Waals surface area (Å²) in [6, 6.07) is 8.70. The molecule has 0 spiro atoms. The molecule has 2 aromatic rings. The van der Waals surface area contributed by atoms with Gasteiger partial charge in [-0.2, -0.15) is 0 Å². The fourth-order valence-corrected chi connectivity index (χ4v) is 2.42. The van der Waals surface area contributed by atoms with E-state index in [1.54, 1.807) is 12.1 Å². The molecule has 0 bridgehead atoms.